The lowest BCUT2D eigenvalue weighted by molar-refractivity contribution is 0.0696. The summed E-state index contributed by atoms with van der Waals surface area (Å²) in [6.45, 7) is 0.170. The molecule has 0 aliphatic carbocycles. The molecule has 0 bridgehead atoms. The number of hydrogen-bond acceptors (Lipinski definition) is 3. The van der Waals surface area contributed by atoms with Crippen molar-refractivity contribution in [1.29, 1.82) is 5.26 Å². The number of carbonyl (C=O) groups is 1. The Balaban J connectivity index is 2.44. The van der Waals surface area contributed by atoms with Crippen LogP contribution in [0.2, 0.25) is 0 Å². The summed E-state index contributed by atoms with van der Waals surface area (Å²) >= 11 is 0. The topological polar surface area (TPSA) is 83.1 Å². The maximum Gasteiger partial charge on any atom is 0.337 e. The lowest BCUT2D eigenvalue weighted by atomic mass is 10.1. The van der Waals surface area contributed by atoms with Gasteiger partial charge >= 0.3 is 5.97 Å². The van der Waals surface area contributed by atoms with E-state index in [2.05, 4.69) is 0 Å². The van der Waals surface area contributed by atoms with E-state index in [0.717, 1.165) is 0 Å². The molecule has 0 fully saturated rings. The van der Waals surface area contributed by atoms with E-state index in [1.165, 1.54) is 22.9 Å². The number of rotatable bonds is 3. The van der Waals surface area contributed by atoms with Crippen molar-refractivity contribution in [2.24, 2.45) is 0 Å². The maximum atomic E-state index is 11.7. The first-order valence-electron chi connectivity index (χ1n) is 5.53. The van der Waals surface area contributed by atoms with Crippen molar-refractivity contribution in [2.75, 3.05) is 0 Å². The van der Waals surface area contributed by atoms with Gasteiger partial charge in [-0.3, -0.25) is 4.79 Å². The molecule has 0 saturated carbocycles. The van der Waals surface area contributed by atoms with Crippen LogP contribution in [0.15, 0.2) is 47.4 Å². The third-order valence-corrected chi connectivity index (χ3v) is 2.71. The van der Waals surface area contributed by atoms with Gasteiger partial charge in [-0.15, -0.1) is 0 Å². The number of aromatic carboxylic acids is 1. The Morgan fingerprint density at radius 2 is 2.00 bits per heavy atom. The molecule has 0 atom stereocenters. The van der Waals surface area contributed by atoms with E-state index >= 15 is 0 Å². The molecule has 0 aliphatic rings. The number of nitrogens with zero attached hydrogens (tertiary/aromatic N) is 2. The molecular weight excluding hydrogens is 244 g/mol. The zero-order valence-corrected chi connectivity index (χ0v) is 9.91. The van der Waals surface area contributed by atoms with Crippen LogP contribution in [0.3, 0.4) is 0 Å². The number of carboxylic acids is 1. The molecule has 94 valence electrons. The van der Waals surface area contributed by atoms with Crippen molar-refractivity contribution in [1.82, 2.24) is 4.57 Å². The highest BCUT2D eigenvalue weighted by Crippen LogP contribution is 2.09. The number of carboxylic acid groups (broad SMARTS) is 1. The second-order valence-electron chi connectivity index (χ2n) is 3.96. The monoisotopic (exact) mass is 254 g/mol. The van der Waals surface area contributed by atoms with Crippen LogP contribution in [0.5, 0.6) is 0 Å². The minimum absolute atomic E-state index is 0.0361. The molecule has 0 saturated heterocycles. The summed E-state index contributed by atoms with van der Waals surface area (Å²) in [5.74, 6) is -1.10. The summed E-state index contributed by atoms with van der Waals surface area (Å²) in [5, 5.41) is 17.9. The van der Waals surface area contributed by atoms with E-state index in [-0.39, 0.29) is 17.7 Å². The fourth-order valence-corrected chi connectivity index (χ4v) is 1.73. The second-order valence-corrected chi connectivity index (χ2v) is 3.96. The largest absolute Gasteiger partial charge is 0.478 e. The van der Waals surface area contributed by atoms with Crippen molar-refractivity contribution in [3.05, 3.63) is 69.6 Å². The first kappa shape index (κ1) is 12.6. The van der Waals surface area contributed by atoms with Crippen LogP contribution in [-0.2, 0) is 6.54 Å². The molecular formula is C14H10N2O3. The number of nitriles is 1. The minimum Gasteiger partial charge on any atom is -0.478 e. The Morgan fingerprint density at radius 1 is 1.26 bits per heavy atom. The van der Waals surface area contributed by atoms with Gasteiger partial charge in [0.25, 0.3) is 5.56 Å². The average molecular weight is 254 g/mol. The van der Waals surface area contributed by atoms with Gasteiger partial charge in [-0.25, -0.2) is 4.79 Å². The normalized spacial score (nSPS) is 9.84. The fraction of sp³-hybridized carbons (Fsp3) is 0.0714. The number of benzene rings is 1. The van der Waals surface area contributed by atoms with Crippen LogP contribution < -0.4 is 5.56 Å². The van der Waals surface area contributed by atoms with Crippen LogP contribution >= 0.6 is 0 Å². The first-order valence-corrected chi connectivity index (χ1v) is 5.53. The zero-order chi connectivity index (χ0) is 13.8. The van der Waals surface area contributed by atoms with Crippen molar-refractivity contribution < 1.29 is 9.90 Å². The number of pyridine rings is 1. The van der Waals surface area contributed by atoms with Crippen LogP contribution in [-0.4, -0.2) is 15.6 Å². The molecule has 0 radical (unpaired) electrons. The first-order chi connectivity index (χ1) is 9.11. The van der Waals surface area contributed by atoms with Gasteiger partial charge in [0, 0.05) is 12.3 Å². The summed E-state index contributed by atoms with van der Waals surface area (Å²) in [6, 6.07) is 11.4. The van der Waals surface area contributed by atoms with E-state index in [4.69, 9.17) is 10.4 Å². The van der Waals surface area contributed by atoms with Gasteiger partial charge in [0.15, 0.2) is 0 Å². The zero-order valence-electron chi connectivity index (χ0n) is 9.91. The van der Waals surface area contributed by atoms with Gasteiger partial charge in [-0.2, -0.15) is 5.26 Å². The molecule has 0 unspecified atom stereocenters. The van der Waals surface area contributed by atoms with Crippen LogP contribution in [0, 0.1) is 11.3 Å². The Bertz CT molecular complexity index is 726. The molecule has 5 heteroatoms. The van der Waals surface area contributed by atoms with Gasteiger partial charge in [-0.1, -0.05) is 18.2 Å². The second kappa shape index (κ2) is 5.19. The number of aromatic nitrogens is 1. The molecule has 1 aromatic heterocycles. The molecule has 2 rings (SSSR count). The quantitative estimate of drug-likeness (QED) is 0.898. The Morgan fingerprint density at radius 3 is 2.68 bits per heavy atom. The minimum atomic E-state index is -1.10. The van der Waals surface area contributed by atoms with Gasteiger partial charge in [0.05, 0.1) is 23.7 Å². The molecule has 1 heterocycles. The molecule has 0 aliphatic heterocycles. The Hall–Kier alpha value is -2.87. The third kappa shape index (κ3) is 2.69. The highest BCUT2D eigenvalue weighted by atomic mass is 16.4. The fourth-order valence-electron chi connectivity index (χ4n) is 1.73. The molecule has 19 heavy (non-hydrogen) atoms. The molecule has 5 nitrogen and oxygen atoms in total. The van der Waals surface area contributed by atoms with E-state index < -0.39 is 5.97 Å². The Kier molecular flexibility index (Phi) is 3.44. The summed E-state index contributed by atoms with van der Waals surface area (Å²) in [5.41, 5.74) is 0.872. The standard InChI is InChI=1S/C14H10N2O3/c15-7-10-3-1-2-4-11(10)8-16-9-12(14(18)19)5-6-13(16)17/h1-6,9H,8H2,(H,18,19). The molecule has 0 spiro atoms. The average Bonchev–Trinajstić information content (AvgIpc) is 2.41. The van der Waals surface area contributed by atoms with Gasteiger partial charge < -0.3 is 9.67 Å². The van der Waals surface area contributed by atoms with Gasteiger partial charge in [-0.05, 0) is 17.7 Å². The van der Waals surface area contributed by atoms with Crippen LogP contribution in [0.1, 0.15) is 21.5 Å². The summed E-state index contributed by atoms with van der Waals surface area (Å²) in [6.07, 6.45) is 1.28. The van der Waals surface area contributed by atoms with Crippen LogP contribution in [0.4, 0.5) is 0 Å². The highest BCUT2D eigenvalue weighted by molar-refractivity contribution is 5.87. The van der Waals surface area contributed by atoms with Crippen molar-refractivity contribution in [3.8, 4) is 6.07 Å². The summed E-state index contributed by atoms with van der Waals surface area (Å²) < 4.78 is 1.28. The van der Waals surface area contributed by atoms with Crippen molar-refractivity contribution in [3.63, 3.8) is 0 Å². The lowest BCUT2D eigenvalue weighted by Gasteiger charge is -2.08. The molecule has 0 amide bonds. The Labute approximate surface area is 109 Å². The number of hydrogen-bond donors (Lipinski definition) is 1. The molecule has 1 N–H and O–H groups in total. The van der Waals surface area contributed by atoms with E-state index in [1.54, 1.807) is 24.3 Å². The van der Waals surface area contributed by atoms with Crippen molar-refractivity contribution >= 4 is 5.97 Å². The molecule has 2 aromatic rings. The highest BCUT2D eigenvalue weighted by Gasteiger charge is 2.07. The van der Waals surface area contributed by atoms with Crippen molar-refractivity contribution in [2.45, 2.75) is 6.54 Å². The van der Waals surface area contributed by atoms with E-state index in [9.17, 15) is 9.59 Å². The maximum absolute atomic E-state index is 11.7. The predicted octanol–water partition coefficient (Wildman–Crippen LogP) is 1.47. The third-order valence-electron chi connectivity index (χ3n) is 2.71. The summed E-state index contributed by atoms with van der Waals surface area (Å²) in [4.78, 5) is 22.6. The van der Waals surface area contributed by atoms with E-state index in [1.807, 2.05) is 6.07 Å². The van der Waals surface area contributed by atoms with Gasteiger partial charge in [0.2, 0.25) is 0 Å². The van der Waals surface area contributed by atoms with Gasteiger partial charge in [0.1, 0.15) is 0 Å². The molecule has 1 aromatic carbocycles. The SMILES string of the molecule is N#Cc1ccccc1Cn1cc(C(=O)O)ccc1=O. The summed E-state index contributed by atoms with van der Waals surface area (Å²) in [7, 11) is 0. The predicted molar refractivity (Wildman–Crippen MR) is 67.9 cm³/mol. The van der Waals surface area contributed by atoms with Crippen LogP contribution in [0.25, 0.3) is 0 Å². The smallest absolute Gasteiger partial charge is 0.337 e. The van der Waals surface area contributed by atoms with E-state index in [0.29, 0.717) is 11.1 Å². The lowest BCUT2D eigenvalue weighted by Crippen LogP contribution is -2.21.